The van der Waals surface area contributed by atoms with Crippen LogP contribution in [0.1, 0.15) is 52.7 Å². The summed E-state index contributed by atoms with van der Waals surface area (Å²) >= 11 is 0. The Morgan fingerprint density at radius 1 is 0.296 bits per heavy atom. The van der Waals surface area contributed by atoms with Gasteiger partial charge in [-0.15, -0.1) is 0 Å². The van der Waals surface area contributed by atoms with Crippen molar-refractivity contribution in [1.82, 2.24) is 0 Å². The number of benzene rings is 8. The quantitative estimate of drug-likeness (QED) is 0.0650. The second-order valence-electron chi connectivity index (χ2n) is 19.6. The Labute approximate surface area is 439 Å². The summed E-state index contributed by atoms with van der Waals surface area (Å²) in [5, 5.41) is 17.1. The van der Waals surface area contributed by atoms with Crippen LogP contribution in [-0.4, -0.2) is 0 Å². The minimum atomic E-state index is -0.690. The van der Waals surface area contributed by atoms with Gasteiger partial charge in [-0.2, -0.15) is 28.3 Å². The molecule has 0 aliphatic heterocycles. The third-order valence-electron chi connectivity index (χ3n) is 12.5. The van der Waals surface area contributed by atoms with E-state index in [9.17, 15) is 0 Å². The Bertz CT molecular complexity index is 2560. The summed E-state index contributed by atoms with van der Waals surface area (Å²) in [6.45, 7) is 14.0. The molecule has 10 aromatic carbocycles. The van der Waals surface area contributed by atoms with Crippen molar-refractivity contribution in [3.63, 3.8) is 0 Å². The molecule has 5 heteroatoms. The molecular weight excluding hydrogens is 972 g/mol. The summed E-state index contributed by atoms with van der Waals surface area (Å²) in [5.41, 5.74) is 2.99. The van der Waals surface area contributed by atoms with E-state index in [0.29, 0.717) is 0 Å². The molecule has 0 saturated carbocycles. The molecule has 0 saturated heterocycles. The number of hydrogen-bond acceptors (Lipinski definition) is 0. The van der Waals surface area contributed by atoms with Crippen LogP contribution in [0.25, 0.3) is 0 Å². The summed E-state index contributed by atoms with van der Waals surface area (Å²) in [4.78, 5) is 0. The molecule has 0 aliphatic rings. The SMILES string of the molecule is CC(C)(C)[c-]1[cH-][c-](P(c2ccccc2)c2ccccc2)[c-](P(c2ccccc2)c2ccccc2)[cH-]1.CC(C)(C)[c-]1cc(P(c2ccccc2)c2ccccc2)c(P(c2ccccc2)c2ccccc2)c1.[Fe]. The normalized spacial score (nSPS) is 11.6. The maximum absolute atomic E-state index is 2.52. The molecule has 0 nitrogen and oxygen atoms in total. The first kappa shape index (κ1) is 52.0. The number of hydrogen-bond donors (Lipinski definition) is 0. The van der Waals surface area contributed by atoms with Gasteiger partial charge in [-0.05, 0) is 21.2 Å². The van der Waals surface area contributed by atoms with Crippen LogP contribution in [0.3, 0.4) is 0 Å². The molecule has 0 fully saturated rings. The number of rotatable bonds is 12. The van der Waals surface area contributed by atoms with Crippen LogP contribution in [0, 0.1) is 0 Å². The molecule has 360 valence electrons. The standard InChI is InChI=1S/2C33H31P2.Fe/c2*1-33(2,3)26-24-31(34(27-16-8-4-9-17-27)28-18-10-5-11-19-28)32(25-26)35(29-20-12-6-13-21-29)30-22-14-7-15-23-30;/h2*4-25H,1-3H3;/q-5;-1;. The van der Waals surface area contributed by atoms with Crippen molar-refractivity contribution in [1.29, 1.82) is 0 Å². The van der Waals surface area contributed by atoms with Crippen LogP contribution < -0.4 is 63.7 Å². The Morgan fingerprint density at radius 2 is 0.507 bits per heavy atom. The topological polar surface area (TPSA) is 0 Å². The molecule has 10 aromatic rings. The zero-order chi connectivity index (χ0) is 48.5. The van der Waals surface area contributed by atoms with Gasteiger partial charge in [0, 0.05) is 17.1 Å². The molecule has 10 rings (SSSR count). The van der Waals surface area contributed by atoms with E-state index >= 15 is 0 Å². The second kappa shape index (κ2) is 23.9. The zero-order valence-electron chi connectivity index (χ0n) is 41.5. The van der Waals surface area contributed by atoms with E-state index in [-0.39, 0.29) is 27.9 Å². The largest absolute Gasteiger partial charge is 0.738 e. The predicted octanol–water partition coefficient (Wildman–Crippen LogP) is 12.4. The van der Waals surface area contributed by atoms with Crippen molar-refractivity contribution >= 4 is 95.3 Å². The van der Waals surface area contributed by atoms with Gasteiger partial charge in [-0.1, -0.05) is 327 Å². The zero-order valence-corrected chi connectivity index (χ0v) is 46.2. The monoisotopic (exact) mass is 1030 g/mol. The molecular formula is C66H62FeP4-6. The molecule has 0 spiro atoms. The molecule has 71 heavy (non-hydrogen) atoms. The van der Waals surface area contributed by atoms with E-state index < -0.39 is 31.7 Å². The van der Waals surface area contributed by atoms with Gasteiger partial charge in [0.15, 0.2) is 0 Å². The summed E-state index contributed by atoms with van der Waals surface area (Å²) in [6.07, 6.45) is 0. The van der Waals surface area contributed by atoms with Crippen molar-refractivity contribution in [2.45, 2.75) is 52.4 Å². The van der Waals surface area contributed by atoms with Gasteiger partial charge in [0.05, 0.1) is 0 Å². The van der Waals surface area contributed by atoms with Crippen LogP contribution in [0.2, 0.25) is 0 Å². The fourth-order valence-corrected chi connectivity index (χ4v) is 19.5. The van der Waals surface area contributed by atoms with Crippen molar-refractivity contribution < 1.29 is 17.1 Å². The molecule has 0 N–H and O–H groups in total. The summed E-state index contributed by atoms with van der Waals surface area (Å²) < 4.78 is 0. The van der Waals surface area contributed by atoms with Crippen molar-refractivity contribution in [3.8, 4) is 0 Å². The third kappa shape index (κ3) is 12.5. The van der Waals surface area contributed by atoms with Gasteiger partial charge in [0.1, 0.15) is 0 Å². The maximum atomic E-state index is 2.52. The molecule has 0 aliphatic carbocycles. The fourth-order valence-electron chi connectivity index (χ4n) is 8.88. The van der Waals surface area contributed by atoms with Gasteiger partial charge in [0.2, 0.25) is 0 Å². The van der Waals surface area contributed by atoms with Gasteiger partial charge in [-0.25, -0.2) is 21.3 Å². The van der Waals surface area contributed by atoms with E-state index in [2.05, 4.69) is 308 Å². The first-order valence-corrected chi connectivity index (χ1v) is 29.6. The third-order valence-corrected chi connectivity index (χ3v) is 22.8. The Balaban J connectivity index is 0.000000188. The van der Waals surface area contributed by atoms with Gasteiger partial charge < -0.3 is 28.3 Å². The second-order valence-corrected chi connectivity index (χ2v) is 28.3. The van der Waals surface area contributed by atoms with Gasteiger partial charge in [0.25, 0.3) is 0 Å². The van der Waals surface area contributed by atoms with E-state index in [1.54, 1.807) is 0 Å². The molecule has 0 bridgehead atoms. The Kier molecular flexibility index (Phi) is 17.6. The van der Waals surface area contributed by atoms with Crippen molar-refractivity contribution in [2.24, 2.45) is 0 Å². The predicted molar refractivity (Wildman–Crippen MR) is 316 cm³/mol. The molecule has 0 aromatic heterocycles. The van der Waals surface area contributed by atoms with Crippen LogP contribution in [0.15, 0.2) is 267 Å². The Morgan fingerprint density at radius 3 is 0.704 bits per heavy atom. The van der Waals surface area contributed by atoms with Crippen molar-refractivity contribution in [3.05, 3.63) is 278 Å². The fraction of sp³-hybridized carbons (Fsp3) is 0.121. The Hall–Kier alpha value is -5.30. The van der Waals surface area contributed by atoms with Crippen LogP contribution in [0.5, 0.6) is 0 Å². The molecule has 0 atom stereocenters. The van der Waals surface area contributed by atoms with Gasteiger partial charge >= 0.3 is 0 Å². The van der Waals surface area contributed by atoms with E-state index in [1.165, 1.54) is 74.8 Å². The first-order chi connectivity index (χ1) is 34.0. The summed E-state index contributed by atoms with van der Waals surface area (Å²) in [6, 6.07) is 98.8. The van der Waals surface area contributed by atoms with Crippen molar-refractivity contribution in [2.75, 3.05) is 0 Å². The van der Waals surface area contributed by atoms with E-state index in [4.69, 9.17) is 0 Å². The van der Waals surface area contributed by atoms with Crippen LogP contribution >= 0.6 is 31.7 Å². The average molecular weight is 1030 g/mol. The molecule has 0 amide bonds. The van der Waals surface area contributed by atoms with E-state index in [1.807, 2.05) is 0 Å². The molecule has 0 radical (unpaired) electrons. The van der Waals surface area contributed by atoms with Crippen LogP contribution in [-0.2, 0) is 27.9 Å². The minimum Gasteiger partial charge on any atom is -0.738 e. The minimum absolute atomic E-state index is 0. The molecule has 0 unspecified atom stereocenters. The molecule has 0 heterocycles. The van der Waals surface area contributed by atoms with E-state index in [0.717, 1.165) is 0 Å². The first-order valence-electron chi connectivity index (χ1n) is 24.3. The van der Waals surface area contributed by atoms with Crippen LogP contribution in [0.4, 0.5) is 0 Å². The summed E-state index contributed by atoms with van der Waals surface area (Å²) in [5.74, 6) is 0. The van der Waals surface area contributed by atoms with Gasteiger partial charge in [-0.3, -0.25) is 0 Å². The smallest absolute Gasteiger partial charge is 0 e. The maximum Gasteiger partial charge on any atom is 0 e. The average Bonchev–Trinajstić information content (AvgIpc) is 4.04. The summed E-state index contributed by atoms with van der Waals surface area (Å²) in [7, 11) is -2.76.